The first kappa shape index (κ1) is 19.5. The van der Waals surface area contributed by atoms with Gasteiger partial charge in [0.05, 0.1) is 12.7 Å². The van der Waals surface area contributed by atoms with Gasteiger partial charge in [0.25, 0.3) is 0 Å². The predicted molar refractivity (Wildman–Crippen MR) is 91.9 cm³/mol. The monoisotopic (exact) mass is 342 g/mol. The SMILES string of the molecule is CCOC(=O)OC1(CCCOC2CCCCCCCCCC2)CO1. The second-order valence-corrected chi connectivity index (χ2v) is 6.99. The first-order valence-corrected chi connectivity index (χ1v) is 9.85. The molecule has 1 aliphatic heterocycles. The van der Waals surface area contributed by atoms with Crippen LogP contribution in [0.3, 0.4) is 0 Å². The van der Waals surface area contributed by atoms with Gasteiger partial charge in [-0.2, -0.15) is 0 Å². The van der Waals surface area contributed by atoms with Crippen LogP contribution < -0.4 is 0 Å². The zero-order valence-corrected chi connectivity index (χ0v) is 15.2. The number of hydrogen-bond donors (Lipinski definition) is 0. The molecular formula is C19H34O5. The lowest BCUT2D eigenvalue weighted by atomic mass is 10.1. The van der Waals surface area contributed by atoms with E-state index in [-0.39, 0.29) is 0 Å². The fourth-order valence-electron chi connectivity index (χ4n) is 3.34. The number of carbonyl (C=O) groups excluding carboxylic acids is 1. The highest BCUT2D eigenvalue weighted by Crippen LogP contribution is 2.34. The molecule has 5 heteroatoms. The highest BCUT2D eigenvalue weighted by molar-refractivity contribution is 5.60. The Hall–Kier alpha value is -0.810. The van der Waals surface area contributed by atoms with E-state index in [9.17, 15) is 4.79 Å². The summed E-state index contributed by atoms with van der Waals surface area (Å²) in [6.07, 6.45) is 14.4. The molecule has 0 N–H and O–H groups in total. The lowest BCUT2D eigenvalue weighted by Crippen LogP contribution is -2.23. The number of ether oxygens (including phenoxy) is 4. The summed E-state index contributed by atoms with van der Waals surface area (Å²) < 4.78 is 21.4. The maximum absolute atomic E-state index is 11.4. The van der Waals surface area contributed by atoms with Crippen LogP contribution in [0, 0.1) is 0 Å². The molecular weight excluding hydrogens is 308 g/mol. The van der Waals surface area contributed by atoms with Gasteiger partial charge in [-0.05, 0) is 26.2 Å². The van der Waals surface area contributed by atoms with E-state index < -0.39 is 11.9 Å². The van der Waals surface area contributed by atoms with E-state index in [1.165, 1.54) is 64.2 Å². The molecule has 1 heterocycles. The van der Waals surface area contributed by atoms with Gasteiger partial charge in [-0.3, -0.25) is 0 Å². The minimum atomic E-state index is -0.746. The van der Waals surface area contributed by atoms with E-state index in [1.54, 1.807) is 6.92 Å². The molecule has 0 bridgehead atoms. The third-order valence-electron chi connectivity index (χ3n) is 4.86. The molecule has 0 aromatic rings. The molecule has 0 aromatic heterocycles. The van der Waals surface area contributed by atoms with E-state index in [0.29, 0.717) is 32.3 Å². The molecule has 140 valence electrons. The van der Waals surface area contributed by atoms with Crippen LogP contribution in [-0.4, -0.2) is 37.9 Å². The van der Waals surface area contributed by atoms with Crippen molar-refractivity contribution >= 4 is 6.16 Å². The molecule has 0 amide bonds. The summed E-state index contributed by atoms with van der Waals surface area (Å²) in [6.45, 7) is 3.26. The second kappa shape index (κ2) is 10.9. The Morgan fingerprint density at radius 1 is 1.04 bits per heavy atom. The highest BCUT2D eigenvalue weighted by atomic mass is 16.8. The van der Waals surface area contributed by atoms with Crippen molar-refractivity contribution in [3.05, 3.63) is 0 Å². The van der Waals surface area contributed by atoms with Crippen LogP contribution in [0.25, 0.3) is 0 Å². The smallest absolute Gasteiger partial charge is 0.435 e. The zero-order chi connectivity index (χ0) is 17.1. The molecule has 1 atom stereocenters. The Balaban J connectivity index is 1.60. The molecule has 1 unspecified atom stereocenters. The third kappa shape index (κ3) is 7.84. The van der Waals surface area contributed by atoms with Gasteiger partial charge in [0.15, 0.2) is 0 Å². The van der Waals surface area contributed by atoms with E-state index in [2.05, 4.69) is 0 Å². The Morgan fingerprint density at radius 3 is 2.17 bits per heavy atom. The van der Waals surface area contributed by atoms with Crippen molar-refractivity contribution in [2.45, 2.75) is 95.9 Å². The van der Waals surface area contributed by atoms with Crippen molar-refractivity contribution in [3.8, 4) is 0 Å². The quantitative estimate of drug-likeness (QED) is 0.371. The van der Waals surface area contributed by atoms with Gasteiger partial charge >= 0.3 is 6.16 Å². The number of carbonyl (C=O) groups is 1. The van der Waals surface area contributed by atoms with Crippen molar-refractivity contribution in [1.29, 1.82) is 0 Å². The summed E-state index contributed by atoms with van der Waals surface area (Å²) in [5.74, 6) is -0.746. The summed E-state index contributed by atoms with van der Waals surface area (Å²) >= 11 is 0. The molecule has 0 radical (unpaired) electrons. The van der Waals surface area contributed by atoms with Crippen LogP contribution in [0.2, 0.25) is 0 Å². The van der Waals surface area contributed by atoms with E-state index in [1.807, 2.05) is 0 Å². The molecule has 1 aliphatic carbocycles. The predicted octanol–water partition coefficient (Wildman–Crippen LogP) is 4.97. The molecule has 1 saturated heterocycles. The fourth-order valence-corrected chi connectivity index (χ4v) is 3.34. The van der Waals surface area contributed by atoms with Gasteiger partial charge < -0.3 is 18.9 Å². The summed E-state index contributed by atoms with van der Waals surface area (Å²) in [5, 5.41) is 0. The van der Waals surface area contributed by atoms with Gasteiger partial charge in [0.2, 0.25) is 5.79 Å². The largest absolute Gasteiger partial charge is 0.510 e. The van der Waals surface area contributed by atoms with Crippen molar-refractivity contribution in [1.82, 2.24) is 0 Å². The van der Waals surface area contributed by atoms with Crippen molar-refractivity contribution in [3.63, 3.8) is 0 Å². The Labute approximate surface area is 146 Å². The summed E-state index contributed by atoms with van der Waals surface area (Å²) in [7, 11) is 0. The molecule has 1 saturated carbocycles. The number of hydrogen-bond acceptors (Lipinski definition) is 5. The van der Waals surface area contributed by atoms with E-state index in [4.69, 9.17) is 18.9 Å². The van der Waals surface area contributed by atoms with Gasteiger partial charge in [0, 0.05) is 13.0 Å². The first-order chi connectivity index (χ1) is 11.7. The summed E-state index contributed by atoms with van der Waals surface area (Å²) in [6, 6.07) is 0. The lowest BCUT2D eigenvalue weighted by molar-refractivity contribution is -0.0443. The number of rotatable bonds is 7. The average molecular weight is 342 g/mol. The van der Waals surface area contributed by atoms with Gasteiger partial charge in [-0.25, -0.2) is 4.79 Å². The minimum Gasteiger partial charge on any atom is -0.435 e. The van der Waals surface area contributed by atoms with E-state index in [0.717, 1.165) is 6.42 Å². The minimum absolute atomic E-state index is 0.319. The molecule has 0 aromatic carbocycles. The van der Waals surface area contributed by atoms with E-state index >= 15 is 0 Å². The molecule has 2 rings (SSSR count). The Bertz CT molecular complexity index is 342. The number of epoxide rings is 1. The van der Waals surface area contributed by atoms with Crippen LogP contribution in [0.5, 0.6) is 0 Å². The van der Waals surface area contributed by atoms with Crippen LogP contribution in [0.1, 0.15) is 84.0 Å². The first-order valence-electron chi connectivity index (χ1n) is 9.85. The third-order valence-corrected chi connectivity index (χ3v) is 4.86. The normalized spacial score (nSPS) is 26.4. The van der Waals surface area contributed by atoms with Crippen molar-refractivity contribution < 1.29 is 23.7 Å². The average Bonchev–Trinajstić information content (AvgIpc) is 3.32. The summed E-state index contributed by atoms with van der Waals surface area (Å²) in [5.41, 5.74) is 0. The van der Waals surface area contributed by atoms with Crippen LogP contribution in [-0.2, 0) is 18.9 Å². The van der Waals surface area contributed by atoms with Crippen LogP contribution >= 0.6 is 0 Å². The summed E-state index contributed by atoms with van der Waals surface area (Å²) in [4.78, 5) is 11.4. The molecule has 2 fully saturated rings. The van der Waals surface area contributed by atoms with Gasteiger partial charge in [0.1, 0.15) is 6.61 Å². The second-order valence-electron chi connectivity index (χ2n) is 6.99. The standard InChI is InChI=1S/C19H34O5/c1-2-21-18(20)24-19(16-23-19)14-11-15-22-17-12-9-7-5-3-4-6-8-10-13-17/h17H,2-16H2,1H3. The van der Waals surface area contributed by atoms with Crippen molar-refractivity contribution in [2.75, 3.05) is 19.8 Å². The van der Waals surface area contributed by atoms with Gasteiger partial charge in [-0.1, -0.05) is 51.4 Å². The van der Waals surface area contributed by atoms with Crippen LogP contribution in [0.4, 0.5) is 4.79 Å². The maximum atomic E-state index is 11.4. The Kier molecular flexibility index (Phi) is 8.89. The van der Waals surface area contributed by atoms with Crippen LogP contribution in [0.15, 0.2) is 0 Å². The maximum Gasteiger partial charge on any atom is 0.510 e. The molecule has 24 heavy (non-hydrogen) atoms. The zero-order valence-electron chi connectivity index (χ0n) is 15.2. The molecule has 0 spiro atoms. The molecule has 2 aliphatic rings. The van der Waals surface area contributed by atoms with Crippen molar-refractivity contribution in [2.24, 2.45) is 0 Å². The Morgan fingerprint density at radius 2 is 1.62 bits per heavy atom. The fraction of sp³-hybridized carbons (Fsp3) is 0.947. The molecule has 5 nitrogen and oxygen atoms in total. The topological polar surface area (TPSA) is 57.3 Å². The van der Waals surface area contributed by atoms with Gasteiger partial charge in [-0.15, -0.1) is 0 Å². The lowest BCUT2D eigenvalue weighted by Gasteiger charge is -2.18. The highest BCUT2D eigenvalue weighted by Gasteiger charge is 2.49.